The lowest BCUT2D eigenvalue weighted by Crippen LogP contribution is -2.46. The normalized spacial score (nSPS) is 31.8. The van der Waals surface area contributed by atoms with Gasteiger partial charge in [-0.3, -0.25) is 4.79 Å². The summed E-state index contributed by atoms with van der Waals surface area (Å²) in [4.78, 5) is 29.5. The standard InChI is InChI=1S/C12H18N2O4/c1-7-3-4-14(6-8(7)2)11(15)10-5-9(12(16)17)13-18-10/h7-8,10H,3-6H2,1-2H3,(H,16,17). The van der Waals surface area contributed by atoms with E-state index in [9.17, 15) is 9.59 Å². The fourth-order valence-electron chi connectivity index (χ4n) is 2.30. The smallest absolute Gasteiger partial charge is 0.353 e. The molecule has 0 aromatic rings. The van der Waals surface area contributed by atoms with Gasteiger partial charge in [-0.2, -0.15) is 0 Å². The van der Waals surface area contributed by atoms with Crippen molar-refractivity contribution in [3.63, 3.8) is 0 Å². The molecule has 0 aromatic heterocycles. The highest BCUT2D eigenvalue weighted by Crippen LogP contribution is 2.24. The van der Waals surface area contributed by atoms with Crippen LogP contribution < -0.4 is 0 Å². The predicted octanol–water partition coefficient (Wildman–Crippen LogP) is 0.720. The molecule has 2 aliphatic heterocycles. The van der Waals surface area contributed by atoms with E-state index < -0.39 is 12.1 Å². The van der Waals surface area contributed by atoms with Crippen molar-refractivity contribution in [3.05, 3.63) is 0 Å². The van der Waals surface area contributed by atoms with E-state index in [1.807, 2.05) is 0 Å². The summed E-state index contributed by atoms with van der Waals surface area (Å²) in [5, 5.41) is 12.2. The number of likely N-dealkylation sites (tertiary alicyclic amines) is 1. The summed E-state index contributed by atoms with van der Waals surface area (Å²) in [5.74, 6) is -0.187. The molecule has 3 unspecified atom stereocenters. The van der Waals surface area contributed by atoms with Crippen molar-refractivity contribution in [3.8, 4) is 0 Å². The van der Waals surface area contributed by atoms with E-state index in [1.165, 1.54) is 0 Å². The van der Waals surface area contributed by atoms with Crippen LogP contribution in [0, 0.1) is 11.8 Å². The first-order valence-corrected chi connectivity index (χ1v) is 6.23. The van der Waals surface area contributed by atoms with Crippen molar-refractivity contribution in [1.82, 2.24) is 4.90 Å². The average Bonchev–Trinajstić information content (AvgIpc) is 2.81. The van der Waals surface area contributed by atoms with Gasteiger partial charge < -0.3 is 14.8 Å². The Balaban J connectivity index is 1.92. The maximum absolute atomic E-state index is 12.2. The summed E-state index contributed by atoms with van der Waals surface area (Å²) < 4.78 is 0. The molecule has 18 heavy (non-hydrogen) atoms. The first kappa shape index (κ1) is 12.9. The Morgan fingerprint density at radius 1 is 1.39 bits per heavy atom. The van der Waals surface area contributed by atoms with Crippen LogP contribution in [0.1, 0.15) is 26.7 Å². The van der Waals surface area contributed by atoms with Crippen LogP contribution in [0.25, 0.3) is 0 Å². The molecule has 0 spiro atoms. The lowest BCUT2D eigenvalue weighted by atomic mass is 9.88. The van der Waals surface area contributed by atoms with E-state index in [-0.39, 0.29) is 18.0 Å². The molecule has 6 nitrogen and oxygen atoms in total. The molecule has 2 aliphatic rings. The average molecular weight is 254 g/mol. The number of oxime groups is 1. The molecule has 0 bridgehead atoms. The number of carboxylic acid groups (broad SMARTS) is 1. The van der Waals surface area contributed by atoms with Crippen molar-refractivity contribution in [2.24, 2.45) is 17.0 Å². The molecule has 6 heteroatoms. The molecule has 1 saturated heterocycles. The molecule has 0 aromatic carbocycles. The van der Waals surface area contributed by atoms with Gasteiger partial charge >= 0.3 is 5.97 Å². The second-order valence-corrected chi connectivity index (χ2v) is 5.17. The molecule has 1 amide bonds. The highest BCUT2D eigenvalue weighted by atomic mass is 16.6. The maximum atomic E-state index is 12.2. The van der Waals surface area contributed by atoms with Gasteiger partial charge in [-0.05, 0) is 18.3 Å². The van der Waals surface area contributed by atoms with Gasteiger partial charge in [0.1, 0.15) is 0 Å². The van der Waals surface area contributed by atoms with Gasteiger partial charge in [0, 0.05) is 19.5 Å². The molecular weight excluding hydrogens is 236 g/mol. The molecular formula is C12H18N2O4. The minimum Gasteiger partial charge on any atom is -0.477 e. The molecule has 0 aliphatic carbocycles. The van der Waals surface area contributed by atoms with Crippen LogP contribution >= 0.6 is 0 Å². The third-order valence-electron chi connectivity index (χ3n) is 3.84. The third kappa shape index (κ3) is 2.47. The Morgan fingerprint density at radius 2 is 2.11 bits per heavy atom. The molecule has 2 rings (SSSR count). The summed E-state index contributed by atoms with van der Waals surface area (Å²) in [6, 6.07) is 0. The van der Waals surface area contributed by atoms with Crippen molar-refractivity contribution in [2.75, 3.05) is 13.1 Å². The van der Waals surface area contributed by atoms with E-state index in [0.29, 0.717) is 24.9 Å². The van der Waals surface area contributed by atoms with E-state index in [2.05, 4.69) is 19.0 Å². The van der Waals surface area contributed by atoms with Crippen molar-refractivity contribution in [2.45, 2.75) is 32.8 Å². The van der Waals surface area contributed by atoms with Crippen LogP contribution in [0.15, 0.2) is 5.16 Å². The molecule has 0 saturated carbocycles. The van der Waals surface area contributed by atoms with Crippen LogP contribution in [-0.4, -0.2) is 46.8 Å². The van der Waals surface area contributed by atoms with Gasteiger partial charge in [-0.1, -0.05) is 19.0 Å². The Morgan fingerprint density at radius 3 is 2.67 bits per heavy atom. The van der Waals surface area contributed by atoms with Gasteiger partial charge in [0.25, 0.3) is 5.91 Å². The monoisotopic (exact) mass is 254 g/mol. The number of hydrogen-bond acceptors (Lipinski definition) is 4. The molecule has 2 heterocycles. The van der Waals surface area contributed by atoms with Crippen molar-refractivity contribution >= 4 is 17.6 Å². The van der Waals surface area contributed by atoms with E-state index in [4.69, 9.17) is 9.94 Å². The van der Waals surface area contributed by atoms with Crippen molar-refractivity contribution in [1.29, 1.82) is 0 Å². The SMILES string of the molecule is CC1CCN(C(=O)C2CC(C(=O)O)=NO2)CC1C. The first-order valence-electron chi connectivity index (χ1n) is 6.23. The number of hydrogen-bond donors (Lipinski definition) is 1. The Labute approximate surface area is 106 Å². The summed E-state index contributed by atoms with van der Waals surface area (Å²) >= 11 is 0. The predicted molar refractivity (Wildman–Crippen MR) is 64.1 cm³/mol. The van der Waals surface area contributed by atoms with E-state index >= 15 is 0 Å². The number of amides is 1. The Bertz CT molecular complexity index is 394. The second kappa shape index (κ2) is 4.96. The summed E-state index contributed by atoms with van der Waals surface area (Å²) in [5.41, 5.74) is -0.0771. The fourth-order valence-corrected chi connectivity index (χ4v) is 2.30. The van der Waals surface area contributed by atoms with E-state index in [1.54, 1.807) is 4.90 Å². The van der Waals surface area contributed by atoms with Gasteiger partial charge in [-0.25, -0.2) is 4.79 Å². The number of nitrogens with zero attached hydrogens (tertiary/aromatic N) is 2. The topological polar surface area (TPSA) is 79.2 Å². The van der Waals surface area contributed by atoms with E-state index in [0.717, 1.165) is 6.42 Å². The number of rotatable bonds is 2. The number of piperidine rings is 1. The number of aliphatic carboxylic acids is 1. The van der Waals surface area contributed by atoms with Crippen LogP contribution in [0.3, 0.4) is 0 Å². The summed E-state index contributed by atoms with van der Waals surface area (Å²) in [6.07, 6.45) is 0.289. The quantitative estimate of drug-likeness (QED) is 0.787. The second-order valence-electron chi connectivity index (χ2n) is 5.17. The van der Waals surface area contributed by atoms with Crippen LogP contribution in [0.2, 0.25) is 0 Å². The summed E-state index contributed by atoms with van der Waals surface area (Å²) in [7, 11) is 0. The van der Waals surface area contributed by atoms with Gasteiger partial charge in [0.05, 0.1) is 0 Å². The van der Waals surface area contributed by atoms with Crippen molar-refractivity contribution < 1.29 is 19.5 Å². The first-order chi connectivity index (χ1) is 8.49. The van der Waals surface area contributed by atoms with Gasteiger partial charge in [-0.15, -0.1) is 0 Å². The molecule has 100 valence electrons. The highest BCUT2D eigenvalue weighted by molar-refractivity contribution is 6.36. The number of carbonyl (C=O) groups excluding carboxylic acids is 1. The largest absolute Gasteiger partial charge is 0.477 e. The number of carboxylic acids is 1. The van der Waals surface area contributed by atoms with Crippen LogP contribution in [0.5, 0.6) is 0 Å². The van der Waals surface area contributed by atoms with Gasteiger partial charge in [0.15, 0.2) is 5.71 Å². The highest BCUT2D eigenvalue weighted by Gasteiger charge is 2.36. The van der Waals surface area contributed by atoms with Crippen LogP contribution in [-0.2, 0) is 14.4 Å². The maximum Gasteiger partial charge on any atom is 0.353 e. The lowest BCUT2D eigenvalue weighted by Gasteiger charge is -2.36. The zero-order valence-electron chi connectivity index (χ0n) is 10.6. The Hall–Kier alpha value is -1.59. The number of carbonyl (C=O) groups is 2. The molecule has 1 N–H and O–H groups in total. The fraction of sp³-hybridized carbons (Fsp3) is 0.750. The lowest BCUT2D eigenvalue weighted by molar-refractivity contribution is -0.144. The zero-order valence-corrected chi connectivity index (χ0v) is 10.6. The minimum absolute atomic E-state index is 0.0641. The molecule has 3 atom stereocenters. The van der Waals surface area contributed by atoms with Crippen LogP contribution in [0.4, 0.5) is 0 Å². The molecule has 0 radical (unpaired) electrons. The minimum atomic E-state index is -1.12. The summed E-state index contributed by atoms with van der Waals surface area (Å²) in [6.45, 7) is 5.73. The molecule has 1 fully saturated rings. The zero-order chi connectivity index (χ0) is 13.3. The van der Waals surface area contributed by atoms with Gasteiger partial charge in [0.2, 0.25) is 6.10 Å². The third-order valence-corrected chi connectivity index (χ3v) is 3.84. The Kier molecular flexibility index (Phi) is 3.54.